The largest absolute Gasteiger partial charge is 0.207 e. The van der Waals surface area contributed by atoms with Crippen LogP contribution >= 0.6 is 23.2 Å². The van der Waals surface area contributed by atoms with Gasteiger partial charge in [-0.25, -0.2) is 4.39 Å². The summed E-state index contributed by atoms with van der Waals surface area (Å²) in [5.41, 5.74) is 3.33. The van der Waals surface area contributed by atoms with Gasteiger partial charge in [-0.2, -0.15) is 0 Å². The molecule has 0 spiro atoms. The molecule has 1 aliphatic carbocycles. The van der Waals surface area contributed by atoms with Crippen LogP contribution in [0.1, 0.15) is 22.1 Å². The zero-order chi connectivity index (χ0) is 13.4. The van der Waals surface area contributed by atoms with Gasteiger partial charge in [0.1, 0.15) is 5.82 Å². The van der Waals surface area contributed by atoms with E-state index in [1.165, 1.54) is 23.3 Å². The van der Waals surface area contributed by atoms with Crippen LogP contribution in [0.5, 0.6) is 0 Å². The van der Waals surface area contributed by atoms with Crippen LogP contribution in [0.2, 0.25) is 5.02 Å². The summed E-state index contributed by atoms with van der Waals surface area (Å²) in [4.78, 5) is 0. The molecule has 1 aliphatic rings. The standard InChI is InChI=1S/C16H13Cl2F/c17-15-6-5-13(19)9-11(15)8-12-7-10-3-1-2-4-14(10)16(12)18/h1-6,9,12,16H,7-8H2. The van der Waals surface area contributed by atoms with Crippen molar-refractivity contribution in [2.24, 2.45) is 5.92 Å². The van der Waals surface area contributed by atoms with Crippen molar-refractivity contribution in [3.63, 3.8) is 0 Å². The molecule has 2 unspecified atom stereocenters. The highest BCUT2D eigenvalue weighted by molar-refractivity contribution is 6.31. The molecular formula is C16H13Cl2F. The first-order valence-electron chi connectivity index (χ1n) is 6.31. The summed E-state index contributed by atoms with van der Waals surface area (Å²) in [6.45, 7) is 0. The fraction of sp³-hybridized carbons (Fsp3) is 0.250. The van der Waals surface area contributed by atoms with E-state index in [0.29, 0.717) is 11.4 Å². The van der Waals surface area contributed by atoms with E-state index < -0.39 is 0 Å². The van der Waals surface area contributed by atoms with E-state index in [2.05, 4.69) is 12.1 Å². The average molecular weight is 295 g/mol. The summed E-state index contributed by atoms with van der Waals surface area (Å²) in [6, 6.07) is 12.7. The third kappa shape index (κ3) is 2.50. The maximum absolute atomic E-state index is 13.3. The van der Waals surface area contributed by atoms with Gasteiger partial charge in [0.15, 0.2) is 0 Å². The number of alkyl halides is 1. The quantitative estimate of drug-likeness (QED) is 0.670. The number of hydrogen-bond acceptors (Lipinski definition) is 0. The third-order valence-corrected chi connectivity index (χ3v) is 4.70. The van der Waals surface area contributed by atoms with Gasteiger partial charge in [-0.05, 0) is 53.6 Å². The highest BCUT2D eigenvalue weighted by Crippen LogP contribution is 2.42. The molecule has 98 valence electrons. The Morgan fingerprint density at radius 2 is 1.95 bits per heavy atom. The predicted octanol–water partition coefficient (Wildman–Crippen LogP) is 5.17. The summed E-state index contributed by atoms with van der Waals surface area (Å²) in [5.74, 6) is 0.0272. The van der Waals surface area contributed by atoms with E-state index in [-0.39, 0.29) is 17.1 Å². The van der Waals surface area contributed by atoms with Crippen LogP contribution in [0.4, 0.5) is 4.39 Å². The van der Waals surface area contributed by atoms with Crippen molar-refractivity contribution < 1.29 is 4.39 Å². The number of hydrogen-bond donors (Lipinski definition) is 0. The molecule has 0 amide bonds. The number of halogens is 3. The van der Waals surface area contributed by atoms with E-state index in [1.54, 1.807) is 6.07 Å². The lowest BCUT2D eigenvalue weighted by Crippen LogP contribution is -2.07. The minimum atomic E-state index is -0.249. The zero-order valence-corrected chi connectivity index (χ0v) is 11.8. The van der Waals surface area contributed by atoms with Gasteiger partial charge in [-0.15, -0.1) is 11.6 Å². The molecule has 0 radical (unpaired) electrons. The Hall–Kier alpha value is -1.05. The van der Waals surface area contributed by atoms with Gasteiger partial charge in [-0.3, -0.25) is 0 Å². The highest BCUT2D eigenvalue weighted by atomic mass is 35.5. The summed E-state index contributed by atoms with van der Waals surface area (Å²) >= 11 is 12.6. The van der Waals surface area contributed by atoms with Crippen molar-refractivity contribution in [3.8, 4) is 0 Å². The van der Waals surface area contributed by atoms with E-state index in [1.807, 2.05) is 12.1 Å². The minimum Gasteiger partial charge on any atom is -0.207 e. The number of fused-ring (bicyclic) bond motifs is 1. The van der Waals surface area contributed by atoms with Crippen LogP contribution in [0.25, 0.3) is 0 Å². The fourth-order valence-corrected chi connectivity index (χ4v) is 3.37. The first kappa shape index (κ1) is 13.0. The van der Waals surface area contributed by atoms with Crippen LogP contribution in [0.3, 0.4) is 0 Å². The monoisotopic (exact) mass is 294 g/mol. The molecule has 0 aromatic heterocycles. The molecule has 0 saturated carbocycles. The Bertz CT molecular complexity index is 609. The lowest BCUT2D eigenvalue weighted by Gasteiger charge is -2.15. The van der Waals surface area contributed by atoms with Gasteiger partial charge in [0.2, 0.25) is 0 Å². The molecule has 0 aliphatic heterocycles. The SMILES string of the molecule is Fc1ccc(Cl)c(CC2Cc3ccccc3C2Cl)c1. The van der Waals surface area contributed by atoms with Crippen molar-refractivity contribution in [1.82, 2.24) is 0 Å². The molecule has 2 atom stereocenters. The van der Waals surface area contributed by atoms with E-state index in [0.717, 1.165) is 12.0 Å². The van der Waals surface area contributed by atoms with Gasteiger partial charge >= 0.3 is 0 Å². The van der Waals surface area contributed by atoms with Crippen LogP contribution < -0.4 is 0 Å². The van der Waals surface area contributed by atoms with Gasteiger partial charge < -0.3 is 0 Å². The van der Waals surface area contributed by atoms with Crippen molar-refractivity contribution in [2.45, 2.75) is 18.2 Å². The smallest absolute Gasteiger partial charge is 0.123 e. The van der Waals surface area contributed by atoms with Gasteiger partial charge in [0.25, 0.3) is 0 Å². The number of benzene rings is 2. The molecular weight excluding hydrogens is 282 g/mol. The molecule has 19 heavy (non-hydrogen) atoms. The molecule has 2 aromatic carbocycles. The van der Waals surface area contributed by atoms with Gasteiger partial charge in [0, 0.05) is 5.02 Å². The predicted molar refractivity (Wildman–Crippen MR) is 77.3 cm³/mol. The normalized spacial score (nSPS) is 21.4. The Balaban J connectivity index is 1.85. The molecule has 0 heterocycles. The second kappa shape index (κ2) is 5.15. The van der Waals surface area contributed by atoms with Gasteiger partial charge in [0.05, 0.1) is 5.38 Å². The molecule has 0 bridgehead atoms. The van der Waals surface area contributed by atoms with Crippen molar-refractivity contribution in [3.05, 3.63) is 70.0 Å². The van der Waals surface area contributed by atoms with Gasteiger partial charge in [-0.1, -0.05) is 35.9 Å². The molecule has 2 aromatic rings. The lowest BCUT2D eigenvalue weighted by atomic mass is 9.96. The van der Waals surface area contributed by atoms with Crippen LogP contribution in [0.15, 0.2) is 42.5 Å². The average Bonchev–Trinajstić information content (AvgIpc) is 2.72. The molecule has 0 saturated heterocycles. The van der Waals surface area contributed by atoms with Crippen molar-refractivity contribution in [1.29, 1.82) is 0 Å². The molecule has 3 rings (SSSR count). The maximum Gasteiger partial charge on any atom is 0.123 e. The zero-order valence-electron chi connectivity index (χ0n) is 10.2. The molecule has 0 nitrogen and oxygen atoms in total. The first-order chi connectivity index (χ1) is 9.15. The van der Waals surface area contributed by atoms with Crippen LogP contribution in [-0.2, 0) is 12.8 Å². The Labute approximate surface area is 122 Å². The van der Waals surface area contributed by atoms with Crippen LogP contribution in [-0.4, -0.2) is 0 Å². The summed E-state index contributed by atoms with van der Waals surface area (Å²) < 4.78 is 13.3. The topological polar surface area (TPSA) is 0 Å². The third-order valence-electron chi connectivity index (χ3n) is 3.74. The van der Waals surface area contributed by atoms with E-state index in [9.17, 15) is 4.39 Å². The second-order valence-corrected chi connectivity index (χ2v) is 5.88. The minimum absolute atomic E-state index is 0.0180. The number of rotatable bonds is 2. The molecule has 3 heteroatoms. The van der Waals surface area contributed by atoms with Crippen molar-refractivity contribution >= 4 is 23.2 Å². The fourth-order valence-electron chi connectivity index (χ4n) is 2.79. The van der Waals surface area contributed by atoms with E-state index in [4.69, 9.17) is 23.2 Å². The summed E-state index contributed by atoms with van der Waals surface area (Å²) in [6.07, 6.45) is 1.64. The van der Waals surface area contributed by atoms with Crippen molar-refractivity contribution in [2.75, 3.05) is 0 Å². The lowest BCUT2D eigenvalue weighted by molar-refractivity contribution is 0.540. The maximum atomic E-state index is 13.3. The Morgan fingerprint density at radius 3 is 2.74 bits per heavy atom. The molecule has 0 N–H and O–H groups in total. The summed E-state index contributed by atoms with van der Waals surface area (Å²) in [7, 11) is 0. The Morgan fingerprint density at radius 1 is 1.16 bits per heavy atom. The van der Waals surface area contributed by atoms with Crippen LogP contribution in [0, 0.1) is 11.7 Å². The first-order valence-corrected chi connectivity index (χ1v) is 7.12. The molecule has 0 fully saturated rings. The summed E-state index contributed by atoms with van der Waals surface area (Å²) in [5, 5.41) is 0.594. The Kier molecular flexibility index (Phi) is 3.51. The highest BCUT2D eigenvalue weighted by Gasteiger charge is 2.30. The second-order valence-electron chi connectivity index (χ2n) is 5.00. The van der Waals surface area contributed by atoms with E-state index >= 15 is 0 Å².